The van der Waals surface area contributed by atoms with Gasteiger partial charge in [-0.25, -0.2) is 52.3 Å². The first-order valence-electron chi connectivity index (χ1n) is 28.2. The number of carboxylic acid groups (broad SMARTS) is 1. The summed E-state index contributed by atoms with van der Waals surface area (Å²) in [6.07, 6.45) is 5.97. The summed E-state index contributed by atoms with van der Waals surface area (Å²) in [5.74, 6) is -5.62. The summed E-state index contributed by atoms with van der Waals surface area (Å²) >= 11 is 6.73. The van der Waals surface area contributed by atoms with Crippen LogP contribution in [-0.4, -0.2) is 168 Å². The molecule has 3 amide bonds. The van der Waals surface area contributed by atoms with Crippen LogP contribution in [0.4, 0.5) is 46.7 Å². The molecule has 0 spiro atoms. The van der Waals surface area contributed by atoms with Gasteiger partial charge in [-0.15, -0.1) is 50.9 Å². The predicted molar refractivity (Wildman–Crippen MR) is 344 cm³/mol. The molecule has 0 unspecified atom stereocenters. The third kappa shape index (κ3) is 15.2. The number of halogens is 4. The minimum Gasteiger partial charge on any atom is -0.494 e. The fourth-order valence-corrected chi connectivity index (χ4v) is 9.54. The molecule has 10 aromatic heterocycles. The van der Waals surface area contributed by atoms with Gasteiger partial charge in [-0.2, -0.15) is 5.26 Å². The molecule has 0 aliphatic rings. The quantitative estimate of drug-likeness (QED) is 0.0601. The molecule has 102 heavy (non-hydrogen) atoms. The fourth-order valence-electron chi connectivity index (χ4n) is 8.55. The SMILES string of the molecule is C#Cc1cc(NC(=O)c2cc(N)n3c(C#N)cnc3n2)c(C(=O)O)cc1F.CCOC(=O)c1nc(Cl)sc1NC(=O)c1cc(N)c2nnnn2n1.COc1cc(NC(=O)c2cc(N)c3nnnn3n2)c(C(=O)OC(C)C)cc1F.COc1cc2nc(-c3ccc4nnnn4n3)oc(=O)c2cc1F. The number of methoxy groups -OCH3 is 2. The lowest BCUT2D eigenvalue weighted by molar-refractivity contribution is 0.0377. The number of terminal acetylenes is 1. The minimum atomic E-state index is -1.46. The van der Waals surface area contributed by atoms with Crippen LogP contribution >= 0.6 is 22.9 Å². The number of fused-ring (bicyclic) bond motifs is 5. The highest BCUT2D eigenvalue weighted by molar-refractivity contribution is 7.20. The molecule has 0 bridgehead atoms. The van der Waals surface area contributed by atoms with Crippen LogP contribution in [0.2, 0.25) is 4.47 Å². The summed E-state index contributed by atoms with van der Waals surface area (Å²) in [5.41, 5.74) is 16.9. The number of thiazole rings is 1. The zero-order chi connectivity index (χ0) is 73.4. The number of aromatic carboxylic acids is 1. The number of nitrogens with one attached hydrogen (secondary N) is 3. The smallest absolute Gasteiger partial charge is 0.360 e. The Balaban J connectivity index is 0.000000147. The second kappa shape index (κ2) is 29.8. The van der Waals surface area contributed by atoms with E-state index < -0.39 is 70.4 Å². The number of anilines is 6. The van der Waals surface area contributed by atoms with Crippen molar-refractivity contribution in [1.82, 2.24) is 100 Å². The van der Waals surface area contributed by atoms with Crippen molar-refractivity contribution in [2.45, 2.75) is 26.9 Å². The van der Waals surface area contributed by atoms with Crippen LogP contribution in [0.15, 0.2) is 82.1 Å². The zero-order valence-electron chi connectivity index (χ0n) is 52.2. The van der Waals surface area contributed by atoms with Gasteiger partial charge in [0.25, 0.3) is 23.6 Å². The van der Waals surface area contributed by atoms with Crippen molar-refractivity contribution in [1.29, 1.82) is 5.26 Å². The third-order valence-corrected chi connectivity index (χ3v) is 14.1. The van der Waals surface area contributed by atoms with Crippen LogP contribution < -0.4 is 48.3 Å². The molecule has 516 valence electrons. The Hall–Kier alpha value is -14.6. The highest BCUT2D eigenvalue weighted by Gasteiger charge is 2.26. The van der Waals surface area contributed by atoms with Gasteiger partial charge < -0.3 is 61.6 Å². The number of nitriles is 1. The van der Waals surface area contributed by atoms with Crippen molar-refractivity contribution >= 4 is 126 Å². The van der Waals surface area contributed by atoms with E-state index in [0.717, 1.165) is 38.8 Å². The lowest BCUT2D eigenvalue weighted by Gasteiger charge is -2.14. The average Bonchev–Trinajstić information content (AvgIpc) is 1.15. The minimum absolute atomic E-state index is 0.00977. The number of carbonyl (C=O) groups excluding carboxylic acids is 5. The number of tetrazole rings is 3. The van der Waals surface area contributed by atoms with E-state index in [1.807, 2.05) is 6.07 Å². The number of carboxylic acids is 1. The number of hydrogen-bond donors (Lipinski definition) is 7. The van der Waals surface area contributed by atoms with Gasteiger partial charge in [-0.05, 0) is 101 Å². The number of rotatable bonds is 14. The number of aromatic nitrogens is 20. The highest BCUT2D eigenvalue weighted by atomic mass is 35.5. The number of ether oxygens (including phenoxy) is 4. The molecule has 0 saturated carbocycles. The highest BCUT2D eigenvalue weighted by Crippen LogP contribution is 2.31. The topological polar surface area (TPSA) is 552 Å². The maximum atomic E-state index is 14.1. The van der Waals surface area contributed by atoms with Crippen molar-refractivity contribution in [3.63, 3.8) is 0 Å². The van der Waals surface area contributed by atoms with E-state index in [1.165, 1.54) is 59.8 Å². The normalized spacial score (nSPS) is 10.7. The van der Waals surface area contributed by atoms with Crippen molar-refractivity contribution in [2.24, 2.45) is 0 Å². The first-order chi connectivity index (χ1) is 48.8. The Bertz CT molecular complexity index is 5690. The van der Waals surface area contributed by atoms with Crippen molar-refractivity contribution in [2.75, 3.05) is 54.0 Å². The molecule has 0 aliphatic heterocycles. The predicted octanol–water partition coefficient (Wildman–Crippen LogP) is 3.80. The summed E-state index contributed by atoms with van der Waals surface area (Å²) < 4.78 is 70.9. The summed E-state index contributed by atoms with van der Waals surface area (Å²) in [7, 11) is 2.58. The van der Waals surface area contributed by atoms with Gasteiger partial charge in [0.05, 0.1) is 83.5 Å². The largest absolute Gasteiger partial charge is 0.494 e. The molecule has 3 aromatic carbocycles. The number of nitrogen functional groups attached to an aromatic ring is 3. The van der Waals surface area contributed by atoms with E-state index in [4.69, 9.17) is 63.9 Å². The maximum absolute atomic E-state index is 14.1. The zero-order valence-corrected chi connectivity index (χ0v) is 53.8. The lowest BCUT2D eigenvalue weighted by atomic mass is 10.1. The van der Waals surface area contributed by atoms with Crippen LogP contribution in [-0.2, 0) is 9.47 Å². The summed E-state index contributed by atoms with van der Waals surface area (Å²) in [4.78, 5) is 101. The molecule has 13 rings (SSSR count). The van der Waals surface area contributed by atoms with Gasteiger partial charge in [0.1, 0.15) is 39.8 Å². The summed E-state index contributed by atoms with van der Waals surface area (Å²) in [6, 6.07) is 15.0. The van der Waals surface area contributed by atoms with E-state index in [9.17, 15) is 51.8 Å². The molecule has 10 N–H and O–H groups in total. The monoisotopic (exact) mass is 1440 g/mol. The summed E-state index contributed by atoms with van der Waals surface area (Å²) in [5, 5.41) is 69.8. The van der Waals surface area contributed by atoms with Crippen molar-refractivity contribution < 1.29 is 70.4 Å². The Morgan fingerprint density at radius 2 is 1.33 bits per heavy atom. The van der Waals surface area contributed by atoms with Gasteiger partial charge in [0.2, 0.25) is 17.1 Å². The van der Waals surface area contributed by atoms with Crippen LogP contribution in [0.25, 0.3) is 45.2 Å². The van der Waals surface area contributed by atoms with Crippen LogP contribution in [0, 0.1) is 41.1 Å². The van der Waals surface area contributed by atoms with E-state index in [0.29, 0.717) is 11.7 Å². The molecule has 45 heteroatoms. The second-order valence-electron chi connectivity index (χ2n) is 20.0. The summed E-state index contributed by atoms with van der Waals surface area (Å²) in [6.45, 7) is 5.10. The Morgan fingerprint density at radius 3 is 1.95 bits per heavy atom. The number of esters is 2. The number of carbonyl (C=O) groups is 6. The molecule has 0 aliphatic carbocycles. The number of hydrogen-bond acceptors (Lipinski definition) is 33. The lowest BCUT2D eigenvalue weighted by Crippen LogP contribution is -2.20. The molecule has 0 fully saturated rings. The van der Waals surface area contributed by atoms with Crippen molar-refractivity contribution in [3.05, 3.63) is 150 Å². The number of nitrogens with two attached hydrogens (primary N) is 3. The van der Waals surface area contributed by atoms with Crippen LogP contribution in [0.3, 0.4) is 0 Å². The Kier molecular flexibility index (Phi) is 20.5. The number of benzene rings is 3. The first-order valence-corrected chi connectivity index (χ1v) is 29.4. The molecule has 10 heterocycles. The molecular formula is C57H41ClF3N27O13S. The first kappa shape index (κ1) is 70.2. The van der Waals surface area contributed by atoms with Gasteiger partial charge in [-0.3, -0.25) is 18.8 Å². The standard InChI is InChI=1S/C17H9FN6O3.C16H16FN7O4.C13H7FN6O3.C11H9ClN8O3S/c1-2-8-3-12(10(16(26)27)4-11(8)18)22-15(25)13-5-14(20)24-9(6-19)7-21-17(24)23-13;1-7(2)28-16(26)8-4-9(17)13(27-3)6-11(8)19-15(25)12-5-10(18)14-20-22-23-24(14)21-12;1-22-10-5-9-6(4-7(10)14)13(21)23-12(15-9)8-2-3-11-16-18-19-20(11)17-8;1-2-23-10(22)6-9(24-11(12)14-6)15-8(21)5-3-4(13)7-16-18-19-20(7)17-5/h1,3-5,7H,20H2,(H,22,25)(H,26,27);4-7H,18H2,1-3H3,(H,19,25);2-5H,1H3;3H,2,13H2,1H3,(H,15,21). The van der Waals surface area contributed by atoms with E-state index in [-0.39, 0.29) is 135 Å². The fraction of sp³-hybridized carbons (Fsp3) is 0.123. The van der Waals surface area contributed by atoms with Crippen molar-refractivity contribution in [3.8, 4) is 41.5 Å². The molecular weight excluding hydrogens is 1400 g/mol. The number of imidazole rings is 1. The molecule has 0 saturated heterocycles. The van der Waals surface area contributed by atoms with E-state index >= 15 is 0 Å². The van der Waals surface area contributed by atoms with E-state index in [1.54, 1.807) is 32.9 Å². The van der Waals surface area contributed by atoms with Gasteiger partial charge >= 0.3 is 23.5 Å². The maximum Gasteiger partial charge on any atom is 0.360 e. The second-order valence-corrected chi connectivity index (χ2v) is 21.6. The molecule has 40 nitrogen and oxygen atoms in total. The molecule has 0 radical (unpaired) electrons. The number of amides is 3. The Labute approximate surface area is 572 Å². The molecule has 0 atom stereocenters. The molecule has 13 aromatic rings. The van der Waals surface area contributed by atoms with E-state index in [2.05, 4.69) is 104 Å². The van der Waals surface area contributed by atoms with Gasteiger partial charge in [0.15, 0.2) is 50.3 Å². The van der Waals surface area contributed by atoms with Crippen LogP contribution in [0.5, 0.6) is 11.5 Å². The van der Waals surface area contributed by atoms with Crippen LogP contribution in [0.1, 0.15) is 94.7 Å². The Morgan fingerprint density at radius 1 is 0.735 bits per heavy atom. The number of nitrogens with zero attached hydrogens (tertiary/aromatic N) is 21. The van der Waals surface area contributed by atoms with Gasteiger partial charge in [0, 0.05) is 18.2 Å². The van der Waals surface area contributed by atoms with Gasteiger partial charge in [-0.1, -0.05) is 28.9 Å². The average molecular weight is 1440 g/mol. The third-order valence-electron chi connectivity index (χ3n) is 13.1.